The van der Waals surface area contributed by atoms with Crippen molar-refractivity contribution < 1.29 is 0 Å². The van der Waals surface area contributed by atoms with Crippen molar-refractivity contribution in [1.82, 2.24) is 0 Å². The minimum absolute atomic E-state index is 0.282. The van der Waals surface area contributed by atoms with E-state index in [1.807, 2.05) is 12.1 Å². The lowest BCUT2D eigenvalue weighted by atomic mass is 9.81. The fraction of sp³-hybridized carbons (Fsp3) is 0.238. The molecule has 0 bridgehead atoms. The molecule has 2 unspecified atom stereocenters. The normalized spacial score (nSPS) is 18.8. The van der Waals surface area contributed by atoms with Crippen molar-refractivity contribution in [2.75, 3.05) is 5.73 Å². The molecule has 22 heavy (non-hydrogen) atoms. The third-order valence-electron chi connectivity index (χ3n) is 4.36. The number of anilines is 1. The number of aryl methyl sites for hydroxylation is 1. The second-order valence-electron chi connectivity index (χ2n) is 6.29. The largest absolute Gasteiger partial charge is 0.399 e. The van der Waals surface area contributed by atoms with Gasteiger partial charge < -0.3 is 5.73 Å². The summed E-state index contributed by atoms with van der Waals surface area (Å²) >= 11 is 0. The van der Waals surface area contributed by atoms with Gasteiger partial charge in [-0.25, -0.2) is 0 Å². The number of rotatable bonds is 3. The van der Waals surface area contributed by atoms with Gasteiger partial charge in [0, 0.05) is 11.6 Å². The van der Waals surface area contributed by atoms with Crippen molar-refractivity contribution in [3.63, 3.8) is 0 Å². The molecule has 0 radical (unpaired) electrons. The van der Waals surface area contributed by atoms with Crippen LogP contribution in [0.3, 0.4) is 0 Å². The highest BCUT2D eigenvalue weighted by atomic mass is 14.5. The van der Waals surface area contributed by atoms with Crippen molar-refractivity contribution in [3.05, 3.63) is 89.0 Å². The minimum atomic E-state index is 0.282. The monoisotopic (exact) mass is 289 g/mol. The average Bonchev–Trinajstić information content (AvgIpc) is 2.53. The van der Waals surface area contributed by atoms with E-state index in [4.69, 9.17) is 5.73 Å². The van der Waals surface area contributed by atoms with Crippen molar-refractivity contribution in [3.8, 4) is 0 Å². The Labute approximate surface area is 133 Å². The standard InChI is InChI=1S/C21H23N/c1-15-3-7-17(8-4-15)21(18-9-5-16(2)6-10-18)19-11-13-20(22)14-12-19/h3-5,7-14,16,21H,6,22H2,1-2H3. The van der Waals surface area contributed by atoms with Crippen LogP contribution in [0.15, 0.2) is 72.3 Å². The molecule has 0 heterocycles. The highest BCUT2D eigenvalue weighted by Crippen LogP contribution is 2.35. The summed E-state index contributed by atoms with van der Waals surface area (Å²) in [5, 5.41) is 0. The highest BCUT2D eigenvalue weighted by molar-refractivity contribution is 5.49. The van der Waals surface area contributed by atoms with Gasteiger partial charge in [0.25, 0.3) is 0 Å². The molecular formula is C21H23N. The maximum absolute atomic E-state index is 5.85. The van der Waals surface area contributed by atoms with E-state index in [0.717, 1.165) is 12.1 Å². The van der Waals surface area contributed by atoms with Gasteiger partial charge in [0.05, 0.1) is 0 Å². The van der Waals surface area contributed by atoms with Gasteiger partial charge in [0.1, 0.15) is 0 Å². The zero-order valence-electron chi connectivity index (χ0n) is 13.3. The van der Waals surface area contributed by atoms with Crippen LogP contribution in [0.5, 0.6) is 0 Å². The Bertz CT molecular complexity index is 644. The van der Waals surface area contributed by atoms with E-state index in [9.17, 15) is 0 Å². The van der Waals surface area contributed by atoms with E-state index in [1.165, 1.54) is 22.3 Å². The number of nitrogen functional groups attached to an aromatic ring is 1. The Morgan fingerprint density at radius 2 is 1.55 bits per heavy atom. The van der Waals surface area contributed by atoms with Gasteiger partial charge in [-0.1, -0.05) is 67.1 Å². The molecule has 1 aliphatic carbocycles. The quantitative estimate of drug-likeness (QED) is 0.769. The van der Waals surface area contributed by atoms with Crippen molar-refractivity contribution in [2.24, 2.45) is 5.92 Å². The first-order valence-corrected chi connectivity index (χ1v) is 7.94. The fourth-order valence-electron chi connectivity index (χ4n) is 2.98. The van der Waals surface area contributed by atoms with Gasteiger partial charge in [0.15, 0.2) is 0 Å². The van der Waals surface area contributed by atoms with Crippen LogP contribution in [0.25, 0.3) is 0 Å². The van der Waals surface area contributed by atoms with Crippen LogP contribution >= 0.6 is 0 Å². The first-order valence-electron chi connectivity index (χ1n) is 7.94. The number of benzene rings is 2. The molecule has 2 aromatic rings. The molecular weight excluding hydrogens is 266 g/mol. The summed E-state index contributed by atoms with van der Waals surface area (Å²) in [5.41, 5.74) is 12.0. The lowest BCUT2D eigenvalue weighted by Crippen LogP contribution is -2.07. The van der Waals surface area contributed by atoms with E-state index in [-0.39, 0.29) is 5.92 Å². The molecule has 0 aromatic heterocycles. The molecule has 0 saturated heterocycles. The third-order valence-corrected chi connectivity index (χ3v) is 4.36. The summed E-state index contributed by atoms with van der Waals surface area (Å²) < 4.78 is 0. The molecule has 0 saturated carbocycles. The summed E-state index contributed by atoms with van der Waals surface area (Å²) in [7, 11) is 0. The maximum Gasteiger partial charge on any atom is 0.0336 e. The topological polar surface area (TPSA) is 26.0 Å². The number of hydrogen-bond acceptors (Lipinski definition) is 1. The number of allylic oxidation sites excluding steroid dienone is 4. The Morgan fingerprint density at radius 3 is 2.09 bits per heavy atom. The lowest BCUT2D eigenvalue weighted by molar-refractivity contribution is 0.722. The van der Waals surface area contributed by atoms with Gasteiger partial charge in [-0.05, 0) is 48.1 Å². The molecule has 1 aliphatic rings. The number of hydrogen-bond donors (Lipinski definition) is 1. The molecule has 112 valence electrons. The van der Waals surface area contributed by atoms with E-state index in [2.05, 4.69) is 68.5 Å². The Morgan fingerprint density at radius 1 is 0.955 bits per heavy atom. The van der Waals surface area contributed by atoms with Crippen LogP contribution in [0, 0.1) is 12.8 Å². The summed E-state index contributed by atoms with van der Waals surface area (Å²) in [6, 6.07) is 17.1. The second-order valence-corrected chi connectivity index (χ2v) is 6.29. The SMILES string of the molecule is Cc1ccc(C(C2=CCC(C)C=C2)c2ccc(N)cc2)cc1. The molecule has 0 fully saturated rings. The molecule has 0 aliphatic heterocycles. The summed E-state index contributed by atoms with van der Waals surface area (Å²) in [6.45, 7) is 4.39. The zero-order valence-corrected chi connectivity index (χ0v) is 13.3. The fourth-order valence-corrected chi connectivity index (χ4v) is 2.98. The molecule has 2 N–H and O–H groups in total. The van der Waals surface area contributed by atoms with E-state index in [0.29, 0.717) is 5.92 Å². The van der Waals surface area contributed by atoms with E-state index >= 15 is 0 Å². The Balaban J connectivity index is 2.04. The van der Waals surface area contributed by atoms with Crippen molar-refractivity contribution >= 4 is 5.69 Å². The molecule has 1 nitrogen and oxygen atoms in total. The first kappa shape index (κ1) is 14.6. The van der Waals surface area contributed by atoms with Gasteiger partial charge in [-0.2, -0.15) is 0 Å². The predicted octanol–water partition coefficient (Wildman–Crippen LogP) is 5.23. The molecule has 1 heteroatoms. The van der Waals surface area contributed by atoms with Gasteiger partial charge in [-0.15, -0.1) is 0 Å². The van der Waals surface area contributed by atoms with Crippen molar-refractivity contribution in [2.45, 2.75) is 26.2 Å². The van der Waals surface area contributed by atoms with E-state index < -0.39 is 0 Å². The number of nitrogens with two attached hydrogens (primary N) is 1. The molecule has 2 aromatic carbocycles. The van der Waals surface area contributed by atoms with Crippen LogP contribution in [0.1, 0.15) is 36.0 Å². The Kier molecular flexibility index (Phi) is 4.15. The molecule has 0 spiro atoms. The van der Waals surface area contributed by atoms with Gasteiger partial charge in [-0.3, -0.25) is 0 Å². The smallest absolute Gasteiger partial charge is 0.0336 e. The third kappa shape index (κ3) is 3.14. The van der Waals surface area contributed by atoms with Crippen LogP contribution in [0.4, 0.5) is 5.69 Å². The van der Waals surface area contributed by atoms with Gasteiger partial charge in [0.2, 0.25) is 0 Å². The summed E-state index contributed by atoms with van der Waals surface area (Å²) in [5.74, 6) is 0.916. The maximum atomic E-state index is 5.85. The zero-order chi connectivity index (χ0) is 15.5. The van der Waals surface area contributed by atoms with Crippen LogP contribution in [0.2, 0.25) is 0 Å². The average molecular weight is 289 g/mol. The second kappa shape index (κ2) is 6.23. The van der Waals surface area contributed by atoms with Crippen LogP contribution < -0.4 is 5.73 Å². The minimum Gasteiger partial charge on any atom is -0.399 e. The summed E-state index contributed by atoms with van der Waals surface area (Å²) in [4.78, 5) is 0. The lowest BCUT2D eigenvalue weighted by Gasteiger charge is -2.23. The molecule has 0 amide bonds. The molecule has 2 atom stereocenters. The predicted molar refractivity (Wildman–Crippen MR) is 94.9 cm³/mol. The first-order chi connectivity index (χ1) is 10.6. The van der Waals surface area contributed by atoms with Crippen LogP contribution in [-0.4, -0.2) is 0 Å². The van der Waals surface area contributed by atoms with Crippen molar-refractivity contribution in [1.29, 1.82) is 0 Å². The highest BCUT2D eigenvalue weighted by Gasteiger charge is 2.19. The van der Waals surface area contributed by atoms with Gasteiger partial charge >= 0.3 is 0 Å². The van der Waals surface area contributed by atoms with E-state index in [1.54, 1.807) is 0 Å². The Hall–Kier alpha value is -2.28. The molecule has 3 rings (SSSR count). The summed E-state index contributed by atoms with van der Waals surface area (Å²) in [6.07, 6.45) is 8.09. The van der Waals surface area contributed by atoms with Crippen LogP contribution in [-0.2, 0) is 0 Å².